The van der Waals surface area contributed by atoms with Crippen molar-refractivity contribution in [3.05, 3.63) is 0 Å². The fraction of sp³-hybridized carbons (Fsp3) is 0.917. The molecule has 0 saturated heterocycles. The van der Waals surface area contributed by atoms with E-state index >= 15 is 0 Å². The third-order valence-electron chi connectivity index (χ3n) is 3.79. The van der Waals surface area contributed by atoms with E-state index in [9.17, 15) is 4.79 Å². The van der Waals surface area contributed by atoms with Crippen LogP contribution in [0.1, 0.15) is 47.0 Å². The highest BCUT2D eigenvalue weighted by Crippen LogP contribution is 2.49. The first kappa shape index (κ1) is 11.7. The first-order valence-corrected chi connectivity index (χ1v) is 5.47. The number of carbonyl (C=O) groups is 1. The molecule has 0 amide bonds. The fourth-order valence-corrected chi connectivity index (χ4v) is 2.93. The lowest BCUT2D eigenvalue weighted by atomic mass is 9.79. The zero-order valence-corrected chi connectivity index (χ0v) is 10.1. The average molecular weight is 197 g/mol. The number of hydrogen-bond acceptors (Lipinski definition) is 2. The molecule has 1 N–H and O–H groups in total. The van der Waals surface area contributed by atoms with Gasteiger partial charge in [-0.3, -0.25) is 0 Å². The van der Waals surface area contributed by atoms with Crippen LogP contribution in [0.5, 0.6) is 0 Å². The largest absolute Gasteiger partial charge is 0.315 e. The summed E-state index contributed by atoms with van der Waals surface area (Å²) in [5.74, 6) is 0.862. The first-order valence-electron chi connectivity index (χ1n) is 5.47. The maximum absolute atomic E-state index is 11.2. The third-order valence-corrected chi connectivity index (χ3v) is 3.79. The summed E-state index contributed by atoms with van der Waals surface area (Å²) in [5, 5.41) is 3.39. The Balaban J connectivity index is 2.73. The van der Waals surface area contributed by atoms with E-state index in [1.807, 2.05) is 7.05 Å². The van der Waals surface area contributed by atoms with Gasteiger partial charge in [-0.15, -0.1) is 0 Å². The number of Topliss-reactive ketones (excluding diaryl/α,β-unsaturated/α-hetero) is 1. The molecular formula is C12H23NO. The van der Waals surface area contributed by atoms with Crippen molar-refractivity contribution in [1.82, 2.24) is 5.32 Å². The number of carbonyl (C=O) groups excluding carboxylic acids is 1. The highest BCUT2D eigenvalue weighted by atomic mass is 16.1. The van der Waals surface area contributed by atoms with Gasteiger partial charge in [0, 0.05) is 12.0 Å². The fourth-order valence-electron chi connectivity index (χ4n) is 2.93. The molecule has 0 spiro atoms. The highest BCUT2D eigenvalue weighted by molar-refractivity contribution is 5.75. The molecule has 0 aliphatic heterocycles. The molecule has 0 bridgehead atoms. The second-order valence-corrected chi connectivity index (χ2v) is 5.78. The van der Waals surface area contributed by atoms with E-state index in [0.717, 1.165) is 19.3 Å². The number of hydrogen-bond donors (Lipinski definition) is 1. The molecule has 0 heterocycles. The summed E-state index contributed by atoms with van der Waals surface area (Å²) in [6.45, 7) is 8.52. The Morgan fingerprint density at radius 2 is 2.00 bits per heavy atom. The zero-order valence-electron chi connectivity index (χ0n) is 10.1. The smallest absolute Gasteiger partial charge is 0.130 e. The van der Waals surface area contributed by atoms with Gasteiger partial charge in [0.05, 0.1) is 0 Å². The molecular weight excluding hydrogens is 174 g/mol. The lowest BCUT2D eigenvalue weighted by Crippen LogP contribution is -2.37. The minimum absolute atomic E-state index is 0.226. The van der Waals surface area contributed by atoms with E-state index in [1.165, 1.54) is 0 Å². The molecule has 0 radical (unpaired) electrons. The molecule has 14 heavy (non-hydrogen) atoms. The van der Waals surface area contributed by atoms with Gasteiger partial charge in [0.2, 0.25) is 0 Å². The molecule has 1 rings (SSSR count). The first-order chi connectivity index (χ1) is 6.29. The molecule has 1 aliphatic carbocycles. The Bertz CT molecular complexity index is 234. The van der Waals surface area contributed by atoms with Crippen molar-refractivity contribution in [1.29, 1.82) is 0 Å². The van der Waals surface area contributed by atoms with Crippen LogP contribution in [0.4, 0.5) is 0 Å². The van der Waals surface area contributed by atoms with Gasteiger partial charge in [-0.25, -0.2) is 0 Å². The van der Waals surface area contributed by atoms with Crippen molar-refractivity contribution in [3.8, 4) is 0 Å². The van der Waals surface area contributed by atoms with Crippen LogP contribution in [0.15, 0.2) is 0 Å². The quantitative estimate of drug-likeness (QED) is 0.752. The van der Waals surface area contributed by atoms with Crippen molar-refractivity contribution >= 4 is 5.78 Å². The van der Waals surface area contributed by atoms with Crippen molar-refractivity contribution < 1.29 is 4.79 Å². The second-order valence-electron chi connectivity index (χ2n) is 5.78. The highest BCUT2D eigenvalue weighted by Gasteiger charge is 2.46. The minimum Gasteiger partial charge on any atom is -0.315 e. The maximum atomic E-state index is 11.2. The summed E-state index contributed by atoms with van der Waals surface area (Å²) >= 11 is 0. The van der Waals surface area contributed by atoms with Gasteiger partial charge in [0.1, 0.15) is 5.78 Å². The molecule has 2 unspecified atom stereocenters. The third kappa shape index (κ3) is 2.35. The maximum Gasteiger partial charge on any atom is 0.130 e. The van der Waals surface area contributed by atoms with Crippen LogP contribution in [0.3, 0.4) is 0 Å². The molecule has 2 nitrogen and oxygen atoms in total. The number of rotatable bonds is 3. The molecule has 1 aliphatic rings. The molecule has 0 aromatic carbocycles. The van der Waals surface area contributed by atoms with Gasteiger partial charge >= 0.3 is 0 Å². The van der Waals surface area contributed by atoms with Gasteiger partial charge < -0.3 is 10.1 Å². The van der Waals surface area contributed by atoms with Crippen LogP contribution in [0.2, 0.25) is 0 Å². The normalized spacial score (nSPS) is 35.9. The van der Waals surface area contributed by atoms with E-state index in [-0.39, 0.29) is 5.54 Å². The van der Waals surface area contributed by atoms with Crippen LogP contribution in [0, 0.1) is 11.3 Å². The van der Waals surface area contributed by atoms with Crippen LogP contribution < -0.4 is 5.32 Å². The standard InChI is InChI=1S/C12H23NO/c1-9(14)6-10-7-12(4,13-5)8-11(10,2)3/h10,13H,6-8H2,1-5H3. The molecule has 0 aromatic heterocycles. The average Bonchev–Trinajstić information content (AvgIpc) is 2.22. The molecule has 82 valence electrons. The van der Waals surface area contributed by atoms with Crippen LogP contribution in [0.25, 0.3) is 0 Å². The van der Waals surface area contributed by atoms with Crippen molar-refractivity contribution in [2.45, 2.75) is 52.5 Å². The van der Waals surface area contributed by atoms with Crippen LogP contribution in [-0.4, -0.2) is 18.4 Å². The van der Waals surface area contributed by atoms with E-state index in [1.54, 1.807) is 6.92 Å². The summed E-state index contributed by atoms with van der Waals surface area (Å²) < 4.78 is 0. The Labute approximate surface area is 87.5 Å². The monoisotopic (exact) mass is 197 g/mol. The van der Waals surface area contributed by atoms with E-state index in [2.05, 4.69) is 26.1 Å². The Kier molecular flexibility index (Phi) is 3.05. The predicted molar refractivity (Wildman–Crippen MR) is 59.3 cm³/mol. The summed E-state index contributed by atoms with van der Waals surface area (Å²) in [7, 11) is 2.02. The van der Waals surface area contributed by atoms with E-state index in [0.29, 0.717) is 17.1 Å². The van der Waals surface area contributed by atoms with Crippen LogP contribution in [-0.2, 0) is 4.79 Å². The van der Waals surface area contributed by atoms with Gasteiger partial charge in [0.15, 0.2) is 0 Å². The molecule has 1 saturated carbocycles. The van der Waals surface area contributed by atoms with Crippen molar-refractivity contribution in [2.75, 3.05) is 7.05 Å². The molecule has 0 aromatic rings. The lowest BCUT2D eigenvalue weighted by molar-refractivity contribution is -0.118. The predicted octanol–water partition coefficient (Wildman–Crippen LogP) is 2.38. The van der Waals surface area contributed by atoms with Crippen LogP contribution >= 0.6 is 0 Å². The Morgan fingerprint density at radius 1 is 1.43 bits per heavy atom. The van der Waals surface area contributed by atoms with E-state index < -0.39 is 0 Å². The summed E-state index contributed by atoms with van der Waals surface area (Å²) in [4.78, 5) is 11.2. The van der Waals surface area contributed by atoms with Gasteiger partial charge in [0.25, 0.3) is 0 Å². The van der Waals surface area contributed by atoms with Gasteiger partial charge in [-0.2, -0.15) is 0 Å². The van der Waals surface area contributed by atoms with Gasteiger partial charge in [-0.1, -0.05) is 13.8 Å². The summed E-state index contributed by atoms with van der Waals surface area (Å²) in [6, 6.07) is 0. The zero-order chi connectivity index (χ0) is 11.0. The molecule has 2 heteroatoms. The lowest BCUT2D eigenvalue weighted by Gasteiger charge is -2.27. The second kappa shape index (κ2) is 3.65. The Hall–Kier alpha value is -0.370. The minimum atomic E-state index is 0.226. The SMILES string of the molecule is CNC1(C)CC(CC(C)=O)C(C)(C)C1. The van der Waals surface area contributed by atoms with Crippen molar-refractivity contribution in [3.63, 3.8) is 0 Å². The number of nitrogens with one attached hydrogen (secondary N) is 1. The summed E-state index contributed by atoms with van der Waals surface area (Å²) in [6.07, 6.45) is 3.02. The van der Waals surface area contributed by atoms with Crippen molar-refractivity contribution in [2.24, 2.45) is 11.3 Å². The summed E-state index contributed by atoms with van der Waals surface area (Å²) in [5.41, 5.74) is 0.521. The molecule has 1 fully saturated rings. The van der Waals surface area contributed by atoms with E-state index in [4.69, 9.17) is 0 Å². The molecule has 2 atom stereocenters. The topological polar surface area (TPSA) is 29.1 Å². The number of ketones is 1. The Morgan fingerprint density at radius 3 is 2.36 bits per heavy atom. The van der Waals surface area contributed by atoms with Gasteiger partial charge in [-0.05, 0) is 45.1 Å².